The molecule has 176 valence electrons. The summed E-state index contributed by atoms with van der Waals surface area (Å²) < 4.78 is 10.6. The molecule has 1 unspecified atom stereocenters. The third kappa shape index (κ3) is 5.08. The van der Waals surface area contributed by atoms with Crippen LogP contribution in [0.2, 0.25) is 0 Å². The molecule has 2 saturated heterocycles. The molecule has 4 rings (SSSR count). The van der Waals surface area contributed by atoms with Crippen molar-refractivity contribution in [1.82, 2.24) is 15.5 Å². The van der Waals surface area contributed by atoms with Gasteiger partial charge in [0.05, 0.1) is 6.42 Å². The Labute approximate surface area is 192 Å². The van der Waals surface area contributed by atoms with Crippen LogP contribution < -0.4 is 10.6 Å². The van der Waals surface area contributed by atoms with E-state index in [4.69, 9.17) is 9.47 Å². The van der Waals surface area contributed by atoms with Crippen molar-refractivity contribution in [3.05, 3.63) is 48.0 Å². The molecule has 9 heteroatoms. The van der Waals surface area contributed by atoms with Crippen molar-refractivity contribution in [2.24, 2.45) is 0 Å². The second-order valence-electron chi connectivity index (χ2n) is 8.46. The Hall–Kier alpha value is -3.20. The van der Waals surface area contributed by atoms with E-state index >= 15 is 0 Å². The molecule has 3 heterocycles. The van der Waals surface area contributed by atoms with Gasteiger partial charge in [-0.3, -0.25) is 19.2 Å². The smallest absolute Gasteiger partial charge is 0.310 e. The van der Waals surface area contributed by atoms with E-state index in [1.165, 1.54) is 0 Å². The highest BCUT2D eigenvalue weighted by Gasteiger charge is 2.45. The Morgan fingerprint density at radius 2 is 1.85 bits per heavy atom. The van der Waals surface area contributed by atoms with Crippen LogP contribution in [0.15, 0.2) is 42.5 Å². The molecule has 2 fully saturated rings. The second kappa shape index (κ2) is 10.2. The molecule has 33 heavy (non-hydrogen) atoms. The molecule has 2 N–H and O–H groups in total. The molecule has 1 aromatic rings. The van der Waals surface area contributed by atoms with E-state index in [1.54, 1.807) is 36.1 Å². The van der Waals surface area contributed by atoms with E-state index < -0.39 is 30.4 Å². The standard InChI is InChI=1S/C24H29N3O6/c1-2-32-24-18(14-20(28)33-24)26-22(30)19-13-12-16-10-6-7-11-17(23(31)27(16)19)25-21(29)15-8-4-3-5-9-15/h3-9,16-19,24H,2,10-14H2,1H3,(H,25,29)(H,26,30)/b7-6-/t16-,17-,18-,19-,24?/m0/s1. The molecule has 0 saturated carbocycles. The number of cyclic esters (lactones) is 1. The van der Waals surface area contributed by atoms with E-state index in [0.717, 1.165) is 0 Å². The molecule has 0 bridgehead atoms. The predicted octanol–water partition coefficient (Wildman–Crippen LogP) is 1.29. The summed E-state index contributed by atoms with van der Waals surface area (Å²) in [6, 6.07) is 6.56. The van der Waals surface area contributed by atoms with E-state index in [0.29, 0.717) is 37.9 Å². The van der Waals surface area contributed by atoms with E-state index in [-0.39, 0.29) is 30.2 Å². The zero-order valence-corrected chi connectivity index (χ0v) is 18.6. The van der Waals surface area contributed by atoms with Gasteiger partial charge >= 0.3 is 5.97 Å². The Morgan fingerprint density at radius 3 is 2.61 bits per heavy atom. The van der Waals surface area contributed by atoms with Crippen LogP contribution in [0, 0.1) is 0 Å². The second-order valence-corrected chi connectivity index (χ2v) is 8.46. The van der Waals surface area contributed by atoms with Gasteiger partial charge in [-0.05, 0) is 44.7 Å². The van der Waals surface area contributed by atoms with Crippen LogP contribution in [0.5, 0.6) is 0 Å². The first-order valence-electron chi connectivity index (χ1n) is 11.4. The van der Waals surface area contributed by atoms with Gasteiger partial charge in [-0.1, -0.05) is 30.4 Å². The average Bonchev–Trinajstić information content (AvgIpc) is 3.37. The summed E-state index contributed by atoms with van der Waals surface area (Å²) in [5.41, 5.74) is 0.469. The highest BCUT2D eigenvalue weighted by Crippen LogP contribution is 2.30. The predicted molar refractivity (Wildman–Crippen MR) is 118 cm³/mol. The van der Waals surface area contributed by atoms with Crippen molar-refractivity contribution in [2.75, 3.05) is 6.61 Å². The Bertz CT molecular complexity index is 933. The quantitative estimate of drug-likeness (QED) is 0.494. The largest absolute Gasteiger partial charge is 0.433 e. The number of esters is 1. The molecule has 3 aliphatic heterocycles. The molecule has 0 aromatic heterocycles. The third-order valence-electron chi connectivity index (χ3n) is 6.27. The summed E-state index contributed by atoms with van der Waals surface area (Å²) in [6.45, 7) is 2.12. The SMILES string of the molecule is CCOC1OC(=O)C[C@@H]1NC(=O)[C@@H]1CC[C@@H]2C/C=C\C[C@H](NC(=O)c3ccccc3)C(=O)N21. The summed E-state index contributed by atoms with van der Waals surface area (Å²) in [6.07, 6.45) is 5.31. The van der Waals surface area contributed by atoms with Gasteiger partial charge in [0.25, 0.3) is 5.91 Å². The zero-order chi connectivity index (χ0) is 23.4. The van der Waals surface area contributed by atoms with Crippen molar-refractivity contribution in [3.8, 4) is 0 Å². The van der Waals surface area contributed by atoms with E-state index in [2.05, 4.69) is 10.6 Å². The maximum atomic E-state index is 13.5. The van der Waals surface area contributed by atoms with Gasteiger partial charge < -0.3 is 25.0 Å². The highest BCUT2D eigenvalue weighted by atomic mass is 16.7. The topological polar surface area (TPSA) is 114 Å². The number of nitrogens with one attached hydrogen (secondary N) is 2. The summed E-state index contributed by atoms with van der Waals surface area (Å²) in [7, 11) is 0. The van der Waals surface area contributed by atoms with Crippen LogP contribution in [0.4, 0.5) is 0 Å². The van der Waals surface area contributed by atoms with Gasteiger partial charge in [0, 0.05) is 18.2 Å². The lowest BCUT2D eigenvalue weighted by molar-refractivity contribution is -0.164. The number of carbonyl (C=O) groups excluding carboxylic acids is 4. The summed E-state index contributed by atoms with van der Waals surface area (Å²) >= 11 is 0. The minimum absolute atomic E-state index is 0.0268. The third-order valence-corrected chi connectivity index (χ3v) is 6.27. The Morgan fingerprint density at radius 1 is 1.09 bits per heavy atom. The summed E-state index contributed by atoms with van der Waals surface area (Å²) in [5, 5.41) is 5.68. The average molecular weight is 456 g/mol. The van der Waals surface area contributed by atoms with Gasteiger partial charge in [-0.2, -0.15) is 0 Å². The number of benzene rings is 1. The number of nitrogens with zero attached hydrogens (tertiary/aromatic N) is 1. The number of rotatable bonds is 6. The fraction of sp³-hybridized carbons (Fsp3) is 0.500. The van der Waals surface area contributed by atoms with Gasteiger partial charge in [0.15, 0.2) is 0 Å². The van der Waals surface area contributed by atoms with Crippen molar-refractivity contribution < 1.29 is 28.7 Å². The minimum atomic E-state index is -0.826. The molecular weight excluding hydrogens is 426 g/mol. The fourth-order valence-electron chi connectivity index (χ4n) is 4.67. The molecule has 3 aliphatic rings. The van der Waals surface area contributed by atoms with Crippen LogP contribution >= 0.6 is 0 Å². The molecule has 5 atom stereocenters. The van der Waals surface area contributed by atoms with Crippen molar-refractivity contribution in [3.63, 3.8) is 0 Å². The Kier molecular flexibility index (Phi) is 7.08. The first kappa shape index (κ1) is 23.0. The monoisotopic (exact) mass is 455 g/mol. The molecule has 3 amide bonds. The maximum Gasteiger partial charge on any atom is 0.310 e. The Balaban J connectivity index is 1.48. The lowest BCUT2D eigenvalue weighted by Crippen LogP contribution is -2.57. The molecule has 0 aliphatic carbocycles. The van der Waals surface area contributed by atoms with Gasteiger partial charge in [0.2, 0.25) is 18.1 Å². The summed E-state index contributed by atoms with van der Waals surface area (Å²) in [5.74, 6) is -1.37. The molecular formula is C24H29N3O6. The van der Waals surface area contributed by atoms with Crippen molar-refractivity contribution >= 4 is 23.7 Å². The van der Waals surface area contributed by atoms with Crippen LogP contribution in [0.1, 0.15) is 49.4 Å². The lowest BCUT2D eigenvalue weighted by Gasteiger charge is -2.34. The van der Waals surface area contributed by atoms with Gasteiger partial charge in [-0.15, -0.1) is 0 Å². The molecule has 9 nitrogen and oxygen atoms in total. The molecule has 0 spiro atoms. The molecule has 1 aromatic carbocycles. The van der Waals surface area contributed by atoms with Crippen molar-refractivity contribution in [1.29, 1.82) is 0 Å². The first-order valence-corrected chi connectivity index (χ1v) is 11.4. The fourth-order valence-corrected chi connectivity index (χ4v) is 4.67. The van der Waals surface area contributed by atoms with E-state index in [1.807, 2.05) is 18.2 Å². The normalized spacial score (nSPS) is 30.1. The summed E-state index contributed by atoms with van der Waals surface area (Å²) in [4.78, 5) is 52.7. The van der Waals surface area contributed by atoms with Crippen LogP contribution in [0.25, 0.3) is 0 Å². The number of fused-ring (bicyclic) bond motifs is 1. The van der Waals surface area contributed by atoms with E-state index in [9.17, 15) is 19.2 Å². The van der Waals surface area contributed by atoms with Crippen LogP contribution in [-0.4, -0.2) is 65.7 Å². The maximum absolute atomic E-state index is 13.5. The van der Waals surface area contributed by atoms with Gasteiger partial charge in [-0.25, -0.2) is 0 Å². The van der Waals surface area contributed by atoms with Crippen LogP contribution in [0.3, 0.4) is 0 Å². The number of ether oxygens (including phenoxy) is 2. The lowest BCUT2D eigenvalue weighted by atomic mass is 10.0. The van der Waals surface area contributed by atoms with Crippen LogP contribution in [-0.2, 0) is 23.9 Å². The molecule has 0 radical (unpaired) electrons. The zero-order valence-electron chi connectivity index (χ0n) is 18.6. The first-order chi connectivity index (χ1) is 16.0. The number of carbonyl (C=O) groups is 4. The minimum Gasteiger partial charge on any atom is -0.433 e. The number of hydrogen-bond donors (Lipinski definition) is 2. The number of amides is 3. The van der Waals surface area contributed by atoms with Gasteiger partial charge in [0.1, 0.15) is 18.1 Å². The number of hydrogen-bond acceptors (Lipinski definition) is 6. The van der Waals surface area contributed by atoms with Crippen molar-refractivity contribution in [2.45, 2.75) is 69.5 Å². The highest BCUT2D eigenvalue weighted by molar-refractivity contribution is 5.98.